The largest absolute Gasteiger partial charge is 0.405 e. The lowest BCUT2D eigenvalue weighted by molar-refractivity contribution is -0.132. The van der Waals surface area contributed by atoms with Crippen LogP contribution in [0.4, 0.5) is 18.0 Å². The van der Waals surface area contributed by atoms with E-state index in [1.807, 2.05) is 17.6 Å². The molecule has 0 aliphatic heterocycles. The summed E-state index contributed by atoms with van der Waals surface area (Å²) in [6.07, 6.45) is 2.95. The van der Waals surface area contributed by atoms with Crippen molar-refractivity contribution >= 4 is 28.1 Å². The van der Waals surface area contributed by atoms with Crippen LogP contribution in [0.25, 0.3) is 22.1 Å². The predicted molar refractivity (Wildman–Crippen MR) is 86.5 cm³/mol. The van der Waals surface area contributed by atoms with Crippen molar-refractivity contribution in [3.05, 3.63) is 24.8 Å². The second kappa shape index (κ2) is 4.68. The number of H-pyrrole nitrogens is 1. The van der Waals surface area contributed by atoms with E-state index in [1.165, 1.54) is 0 Å². The molecular formula is C16H15F3N6O. The fourth-order valence-corrected chi connectivity index (χ4v) is 4.46. The minimum absolute atomic E-state index is 0.141. The van der Waals surface area contributed by atoms with Crippen LogP contribution in [-0.4, -0.2) is 43.8 Å². The van der Waals surface area contributed by atoms with Crippen LogP contribution in [0.3, 0.4) is 0 Å². The lowest BCUT2D eigenvalue weighted by Crippen LogP contribution is -2.79. The molecule has 2 bridgehead atoms. The van der Waals surface area contributed by atoms with E-state index in [4.69, 9.17) is 0 Å². The Morgan fingerprint density at radius 2 is 2.08 bits per heavy atom. The number of aromatic nitrogens is 4. The molecule has 3 aliphatic rings. The van der Waals surface area contributed by atoms with Gasteiger partial charge in [0.15, 0.2) is 0 Å². The molecular weight excluding hydrogens is 349 g/mol. The number of hydrogen-bond acceptors (Lipinski definition) is 3. The van der Waals surface area contributed by atoms with Gasteiger partial charge in [-0.3, -0.25) is 0 Å². The van der Waals surface area contributed by atoms with Crippen molar-refractivity contribution in [2.24, 2.45) is 0 Å². The van der Waals surface area contributed by atoms with E-state index in [1.54, 1.807) is 12.5 Å². The Kier molecular flexibility index (Phi) is 2.79. The molecule has 3 saturated carbocycles. The van der Waals surface area contributed by atoms with Gasteiger partial charge in [-0.15, -0.1) is 0 Å². The fraction of sp³-hybridized carbons (Fsp3) is 0.438. The van der Waals surface area contributed by atoms with Gasteiger partial charge in [0, 0.05) is 17.1 Å². The van der Waals surface area contributed by atoms with Gasteiger partial charge >= 0.3 is 12.2 Å². The number of rotatable bonds is 3. The zero-order valence-corrected chi connectivity index (χ0v) is 13.5. The molecule has 2 amide bonds. The van der Waals surface area contributed by atoms with Gasteiger partial charge in [0.25, 0.3) is 0 Å². The summed E-state index contributed by atoms with van der Waals surface area (Å²) in [5, 5.41) is 5.54. The SMILES string of the molecule is O=C(NCC(F)(F)F)NC12CC(n3cnc4cnc5[nH]ccc5c43)(C1)C2. The number of carbonyl (C=O) groups is 1. The Hall–Kier alpha value is -2.78. The zero-order valence-electron chi connectivity index (χ0n) is 13.5. The predicted octanol–water partition coefficient (Wildman–Crippen LogP) is 2.41. The Bertz CT molecular complexity index is 1020. The van der Waals surface area contributed by atoms with Gasteiger partial charge in [-0.25, -0.2) is 14.8 Å². The molecule has 3 fully saturated rings. The van der Waals surface area contributed by atoms with Gasteiger partial charge in [0.05, 0.1) is 23.6 Å². The number of fused-ring (bicyclic) bond motifs is 3. The molecule has 3 aromatic heterocycles. The van der Waals surface area contributed by atoms with Crippen molar-refractivity contribution in [1.82, 2.24) is 30.2 Å². The molecule has 3 aliphatic carbocycles. The molecule has 3 heterocycles. The van der Waals surface area contributed by atoms with Crippen molar-refractivity contribution in [2.45, 2.75) is 36.5 Å². The van der Waals surface area contributed by atoms with Crippen LogP contribution in [-0.2, 0) is 5.54 Å². The topological polar surface area (TPSA) is 87.6 Å². The number of aromatic amines is 1. The van der Waals surface area contributed by atoms with Crippen LogP contribution in [0.5, 0.6) is 0 Å². The lowest BCUT2D eigenvalue weighted by atomic mass is 9.44. The maximum Gasteiger partial charge on any atom is 0.405 e. The smallest absolute Gasteiger partial charge is 0.346 e. The number of imidazole rings is 1. The van der Waals surface area contributed by atoms with E-state index in [0.29, 0.717) is 19.3 Å². The van der Waals surface area contributed by atoms with Gasteiger partial charge in [0.1, 0.15) is 17.7 Å². The molecule has 7 nitrogen and oxygen atoms in total. The van der Waals surface area contributed by atoms with Gasteiger partial charge in [-0.2, -0.15) is 13.2 Å². The van der Waals surface area contributed by atoms with Crippen LogP contribution < -0.4 is 10.6 Å². The van der Waals surface area contributed by atoms with Crippen LogP contribution in [0.1, 0.15) is 19.3 Å². The molecule has 10 heteroatoms. The maximum absolute atomic E-state index is 12.2. The Morgan fingerprint density at radius 3 is 2.81 bits per heavy atom. The van der Waals surface area contributed by atoms with Crippen LogP contribution in [0.15, 0.2) is 24.8 Å². The first-order chi connectivity index (χ1) is 12.3. The number of halogens is 3. The van der Waals surface area contributed by atoms with Crippen molar-refractivity contribution < 1.29 is 18.0 Å². The van der Waals surface area contributed by atoms with Crippen molar-refractivity contribution in [1.29, 1.82) is 0 Å². The summed E-state index contributed by atoms with van der Waals surface area (Å²) >= 11 is 0. The third-order valence-corrected chi connectivity index (χ3v) is 5.43. The minimum atomic E-state index is -4.41. The Morgan fingerprint density at radius 1 is 1.31 bits per heavy atom. The highest BCUT2D eigenvalue weighted by molar-refractivity contribution is 6.01. The lowest BCUT2D eigenvalue weighted by Gasteiger charge is -2.70. The second-order valence-electron chi connectivity index (χ2n) is 7.30. The van der Waals surface area contributed by atoms with E-state index < -0.39 is 24.3 Å². The van der Waals surface area contributed by atoms with E-state index in [2.05, 4.69) is 24.8 Å². The quantitative estimate of drug-likeness (QED) is 0.667. The molecule has 0 atom stereocenters. The first-order valence-corrected chi connectivity index (χ1v) is 8.22. The van der Waals surface area contributed by atoms with Gasteiger partial charge in [-0.05, 0) is 25.3 Å². The standard InChI is InChI=1S/C16H15F3N6O/c17-16(18,19)7-22-13(26)24-14-4-15(5-14,6-14)25-8-23-10-3-21-12-9(11(10)25)1-2-20-12/h1-3,8H,4-7H2,(H,20,21)(H2,22,24,26). The third kappa shape index (κ3) is 2.10. The second-order valence-corrected chi connectivity index (χ2v) is 7.30. The fourth-order valence-electron chi connectivity index (χ4n) is 4.46. The van der Waals surface area contributed by atoms with E-state index in [0.717, 1.165) is 22.1 Å². The Balaban J connectivity index is 1.34. The molecule has 0 unspecified atom stereocenters. The summed E-state index contributed by atoms with van der Waals surface area (Å²) in [5.74, 6) is 0. The van der Waals surface area contributed by atoms with E-state index in [-0.39, 0.29) is 5.54 Å². The van der Waals surface area contributed by atoms with E-state index >= 15 is 0 Å². The average Bonchev–Trinajstić information content (AvgIpc) is 3.12. The molecule has 3 aromatic rings. The molecule has 136 valence electrons. The highest BCUT2D eigenvalue weighted by Crippen LogP contribution is 2.65. The molecule has 3 N–H and O–H groups in total. The molecule has 0 saturated heterocycles. The number of carbonyl (C=O) groups excluding carboxylic acids is 1. The molecule has 0 spiro atoms. The zero-order chi connectivity index (χ0) is 18.2. The number of nitrogens with one attached hydrogen (secondary N) is 3. The van der Waals surface area contributed by atoms with Gasteiger partial charge in [-0.1, -0.05) is 0 Å². The number of alkyl halides is 3. The maximum atomic E-state index is 12.2. The van der Waals surface area contributed by atoms with Crippen LogP contribution in [0.2, 0.25) is 0 Å². The number of nitrogens with zero attached hydrogens (tertiary/aromatic N) is 3. The molecule has 0 aromatic carbocycles. The molecule has 26 heavy (non-hydrogen) atoms. The number of urea groups is 1. The number of amides is 2. The average molecular weight is 364 g/mol. The summed E-state index contributed by atoms with van der Waals surface area (Å²) in [6, 6.07) is 1.18. The van der Waals surface area contributed by atoms with Gasteiger partial charge in [0.2, 0.25) is 0 Å². The van der Waals surface area contributed by atoms with Crippen LogP contribution in [0, 0.1) is 0 Å². The first-order valence-electron chi connectivity index (χ1n) is 8.22. The Labute approximate surface area is 145 Å². The van der Waals surface area contributed by atoms with E-state index in [9.17, 15) is 18.0 Å². The number of hydrogen-bond donors (Lipinski definition) is 3. The summed E-state index contributed by atoms with van der Waals surface area (Å²) in [4.78, 5) is 23.5. The normalized spacial score (nSPS) is 27.2. The van der Waals surface area contributed by atoms with Crippen molar-refractivity contribution in [2.75, 3.05) is 6.54 Å². The van der Waals surface area contributed by atoms with Crippen LogP contribution >= 0.6 is 0 Å². The summed E-state index contributed by atoms with van der Waals surface area (Å²) < 4.78 is 38.7. The molecule has 0 radical (unpaired) electrons. The molecule has 6 rings (SSSR count). The number of pyridine rings is 1. The summed E-state index contributed by atoms with van der Waals surface area (Å²) in [5.41, 5.74) is 2.01. The van der Waals surface area contributed by atoms with Gasteiger partial charge < -0.3 is 20.2 Å². The third-order valence-electron chi connectivity index (χ3n) is 5.43. The first kappa shape index (κ1) is 15.5. The monoisotopic (exact) mass is 364 g/mol. The highest BCUT2D eigenvalue weighted by atomic mass is 19.4. The van der Waals surface area contributed by atoms with Crippen molar-refractivity contribution in [3.63, 3.8) is 0 Å². The minimum Gasteiger partial charge on any atom is -0.346 e. The summed E-state index contributed by atoms with van der Waals surface area (Å²) in [6.45, 7) is -1.33. The highest BCUT2D eigenvalue weighted by Gasteiger charge is 2.70. The van der Waals surface area contributed by atoms with Crippen molar-refractivity contribution in [3.8, 4) is 0 Å². The summed E-state index contributed by atoms with van der Waals surface area (Å²) in [7, 11) is 0.